The van der Waals surface area contributed by atoms with E-state index in [9.17, 15) is 14.3 Å². The number of halogens is 1. The van der Waals surface area contributed by atoms with Crippen molar-refractivity contribution in [3.8, 4) is 0 Å². The van der Waals surface area contributed by atoms with Gasteiger partial charge in [-0.2, -0.15) is 0 Å². The molecule has 0 radical (unpaired) electrons. The summed E-state index contributed by atoms with van der Waals surface area (Å²) in [5, 5.41) is 18.1. The van der Waals surface area contributed by atoms with E-state index in [1.165, 1.54) is 6.92 Å². The lowest BCUT2D eigenvalue weighted by molar-refractivity contribution is -0.152. The molecule has 0 heterocycles. The monoisotopic (exact) mass is 212 g/mol. The van der Waals surface area contributed by atoms with Gasteiger partial charge in [0.25, 0.3) is 0 Å². The van der Waals surface area contributed by atoms with Crippen molar-refractivity contribution in [2.45, 2.75) is 25.1 Å². The zero-order valence-corrected chi connectivity index (χ0v) is 8.35. The number of aliphatic hydroxyl groups is 1. The highest BCUT2D eigenvalue weighted by Gasteiger charge is 2.37. The summed E-state index contributed by atoms with van der Waals surface area (Å²) < 4.78 is 13.1. The second kappa shape index (κ2) is 4.40. The maximum absolute atomic E-state index is 13.1. The number of carbonyl (C=O) groups is 1. The van der Waals surface area contributed by atoms with Gasteiger partial charge in [-0.25, -0.2) is 9.18 Å². The van der Waals surface area contributed by atoms with Crippen molar-refractivity contribution in [1.82, 2.24) is 0 Å². The summed E-state index contributed by atoms with van der Waals surface area (Å²) in [4.78, 5) is 10.4. The van der Waals surface area contributed by atoms with Crippen LogP contribution >= 0.6 is 0 Å². The summed E-state index contributed by atoms with van der Waals surface area (Å²) in [7, 11) is 0. The molecule has 2 N–H and O–H groups in total. The highest BCUT2D eigenvalue weighted by atomic mass is 19.1. The minimum atomic E-state index is -2.28. The molecule has 1 aromatic rings. The Morgan fingerprint density at radius 2 is 2.00 bits per heavy atom. The van der Waals surface area contributed by atoms with Gasteiger partial charge in [-0.05, 0) is 12.5 Å². The Balaban J connectivity index is 2.76. The van der Waals surface area contributed by atoms with Crippen LogP contribution in [-0.2, 0) is 11.2 Å². The third-order valence-electron chi connectivity index (χ3n) is 2.17. The van der Waals surface area contributed by atoms with Crippen LogP contribution in [0.15, 0.2) is 30.3 Å². The summed E-state index contributed by atoms with van der Waals surface area (Å²) in [5.41, 5.74) is -1.18. The van der Waals surface area contributed by atoms with E-state index in [1.807, 2.05) is 0 Å². The van der Waals surface area contributed by atoms with Crippen molar-refractivity contribution in [3.63, 3.8) is 0 Å². The summed E-state index contributed by atoms with van der Waals surface area (Å²) in [6.45, 7) is 1.18. The second-order valence-electron chi connectivity index (χ2n) is 3.72. The van der Waals surface area contributed by atoms with E-state index in [1.54, 1.807) is 30.3 Å². The van der Waals surface area contributed by atoms with Crippen molar-refractivity contribution < 1.29 is 19.4 Å². The number of carboxylic acid groups (broad SMARTS) is 1. The lowest BCUT2D eigenvalue weighted by atomic mass is 9.92. The van der Waals surface area contributed by atoms with Gasteiger partial charge in [-0.3, -0.25) is 0 Å². The third-order valence-corrected chi connectivity index (χ3v) is 2.17. The van der Waals surface area contributed by atoms with E-state index in [0.29, 0.717) is 5.56 Å². The standard InChI is InChI=1S/C11H13FO3/c1-11(15,9(12)10(13)14)7-8-5-3-2-4-6-8/h2-6,9,15H,7H2,1H3,(H,13,14). The third kappa shape index (κ3) is 3.02. The zero-order valence-electron chi connectivity index (χ0n) is 8.35. The molecule has 2 unspecified atom stereocenters. The topological polar surface area (TPSA) is 57.5 Å². The van der Waals surface area contributed by atoms with Gasteiger partial charge in [0.2, 0.25) is 6.17 Å². The van der Waals surface area contributed by atoms with Crippen LogP contribution in [0.1, 0.15) is 12.5 Å². The first-order valence-corrected chi connectivity index (χ1v) is 4.56. The molecule has 1 aromatic carbocycles. The molecule has 0 amide bonds. The summed E-state index contributed by atoms with van der Waals surface area (Å²) in [6.07, 6.45) is -2.31. The number of rotatable bonds is 4. The Labute approximate surface area is 87.2 Å². The van der Waals surface area contributed by atoms with E-state index < -0.39 is 17.7 Å². The molecule has 2 atom stereocenters. The van der Waals surface area contributed by atoms with Gasteiger partial charge in [0.05, 0.1) is 0 Å². The first-order chi connectivity index (χ1) is 6.93. The van der Waals surface area contributed by atoms with Gasteiger partial charge in [-0.1, -0.05) is 30.3 Å². The molecule has 0 aliphatic heterocycles. The number of aliphatic carboxylic acids is 1. The number of hydrogen-bond donors (Lipinski definition) is 2. The van der Waals surface area contributed by atoms with E-state index >= 15 is 0 Å². The molecule has 0 saturated carbocycles. The van der Waals surface area contributed by atoms with Crippen LogP contribution in [0.5, 0.6) is 0 Å². The van der Waals surface area contributed by atoms with Gasteiger partial charge in [0.15, 0.2) is 0 Å². The maximum Gasteiger partial charge on any atom is 0.341 e. The smallest absolute Gasteiger partial charge is 0.341 e. The molecule has 0 aliphatic rings. The predicted octanol–water partition coefficient (Wildman–Crippen LogP) is 1.40. The molecule has 4 heteroatoms. The van der Waals surface area contributed by atoms with E-state index in [-0.39, 0.29) is 6.42 Å². The molecule has 0 aromatic heterocycles. The number of carboxylic acids is 1. The molecule has 0 bridgehead atoms. The minimum absolute atomic E-state index is 0.0265. The van der Waals surface area contributed by atoms with Gasteiger partial charge >= 0.3 is 5.97 Å². The molecule has 0 fully saturated rings. The van der Waals surface area contributed by atoms with Crippen LogP contribution in [0.2, 0.25) is 0 Å². The van der Waals surface area contributed by atoms with Crippen LogP contribution in [0.25, 0.3) is 0 Å². The fourth-order valence-corrected chi connectivity index (χ4v) is 1.36. The Hall–Kier alpha value is -1.42. The average molecular weight is 212 g/mol. The summed E-state index contributed by atoms with van der Waals surface area (Å²) >= 11 is 0. The van der Waals surface area contributed by atoms with E-state index in [2.05, 4.69) is 0 Å². The SMILES string of the molecule is CC(O)(Cc1ccccc1)C(F)C(=O)O. The molecule has 0 spiro atoms. The minimum Gasteiger partial charge on any atom is -0.479 e. The maximum atomic E-state index is 13.1. The normalized spacial score (nSPS) is 16.7. The zero-order chi connectivity index (χ0) is 11.5. The molecule has 15 heavy (non-hydrogen) atoms. The first-order valence-electron chi connectivity index (χ1n) is 4.56. The van der Waals surface area contributed by atoms with Crippen molar-refractivity contribution >= 4 is 5.97 Å². The lowest BCUT2D eigenvalue weighted by Crippen LogP contribution is -2.43. The fraction of sp³-hybridized carbons (Fsp3) is 0.364. The molecular weight excluding hydrogens is 199 g/mol. The van der Waals surface area contributed by atoms with Crippen LogP contribution in [-0.4, -0.2) is 28.0 Å². The fourth-order valence-electron chi connectivity index (χ4n) is 1.36. The van der Waals surface area contributed by atoms with Crippen molar-refractivity contribution in [3.05, 3.63) is 35.9 Å². The molecule has 1 rings (SSSR count). The van der Waals surface area contributed by atoms with Crippen LogP contribution < -0.4 is 0 Å². The largest absolute Gasteiger partial charge is 0.479 e. The van der Waals surface area contributed by atoms with Gasteiger partial charge in [0.1, 0.15) is 5.60 Å². The van der Waals surface area contributed by atoms with Gasteiger partial charge in [-0.15, -0.1) is 0 Å². The number of alkyl halides is 1. The molecule has 82 valence electrons. The highest BCUT2D eigenvalue weighted by molar-refractivity contribution is 5.73. The van der Waals surface area contributed by atoms with Crippen molar-refractivity contribution in [2.75, 3.05) is 0 Å². The highest BCUT2D eigenvalue weighted by Crippen LogP contribution is 2.19. The lowest BCUT2D eigenvalue weighted by Gasteiger charge is -2.24. The molecule has 0 aliphatic carbocycles. The van der Waals surface area contributed by atoms with Gasteiger partial charge in [0, 0.05) is 6.42 Å². The first kappa shape index (κ1) is 11.7. The quantitative estimate of drug-likeness (QED) is 0.793. The van der Waals surface area contributed by atoms with Crippen molar-refractivity contribution in [2.24, 2.45) is 0 Å². The summed E-state index contributed by atoms with van der Waals surface area (Å²) in [5.74, 6) is -1.64. The van der Waals surface area contributed by atoms with Crippen LogP contribution in [0.4, 0.5) is 4.39 Å². The average Bonchev–Trinajstić information content (AvgIpc) is 2.17. The summed E-state index contributed by atoms with van der Waals surface area (Å²) in [6, 6.07) is 8.72. The van der Waals surface area contributed by atoms with Crippen LogP contribution in [0, 0.1) is 0 Å². The predicted molar refractivity (Wildman–Crippen MR) is 53.3 cm³/mol. The molecule has 0 saturated heterocycles. The molecular formula is C11H13FO3. The number of hydrogen-bond acceptors (Lipinski definition) is 2. The second-order valence-corrected chi connectivity index (χ2v) is 3.72. The van der Waals surface area contributed by atoms with Crippen LogP contribution in [0.3, 0.4) is 0 Å². The van der Waals surface area contributed by atoms with E-state index in [4.69, 9.17) is 5.11 Å². The Morgan fingerprint density at radius 3 is 2.47 bits per heavy atom. The van der Waals surface area contributed by atoms with E-state index in [0.717, 1.165) is 0 Å². The van der Waals surface area contributed by atoms with Crippen molar-refractivity contribution in [1.29, 1.82) is 0 Å². The van der Waals surface area contributed by atoms with Gasteiger partial charge < -0.3 is 10.2 Å². The molecule has 3 nitrogen and oxygen atoms in total. The Morgan fingerprint density at radius 1 is 1.47 bits per heavy atom. The Bertz CT molecular complexity index is 335. The Kier molecular flexibility index (Phi) is 3.42. The number of benzene rings is 1.